The molecule has 1 amide bonds. The molecule has 5 nitrogen and oxygen atoms in total. The van der Waals surface area contributed by atoms with Crippen LogP contribution in [0.3, 0.4) is 0 Å². The van der Waals surface area contributed by atoms with E-state index in [1.54, 1.807) is 7.05 Å². The molecule has 0 aliphatic heterocycles. The second-order valence-electron chi connectivity index (χ2n) is 3.14. The maximum absolute atomic E-state index is 10.8. The van der Waals surface area contributed by atoms with Crippen molar-refractivity contribution in [1.82, 2.24) is 5.32 Å². The number of hydrogen-bond acceptors (Lipinski definition) is 4. The summed E-state index contributed by atoms with van der Waals surface area (Å²) in [7, 11) is 3.07. The van der Waals surface area contributed by atoms with Crippen LogP contribution in [0.5, 0.6) is 0 Å². The Morgan fingerprint density at radius 1 is 1.20 bits per heavy atom. The standard InChI is InChI=1S/C10H19NO4/c1-11-9(12)6-4-3-5-7-15-10(13)8-14-2/h3-8H2,1-2H3,(H,11,12). The molecule has 0 saturated carbocycles. The van der Waals surface area contributed by atoms with Crippen LogP contribution in [0.2, 0.25) is 0 Å². The van der Waals surface area contributed by atoms with E-state index in [9.17, 15) is 9.59 Å². The van der Waals surface area contributed by atoms with Crippen LogP contribution >= 0.6 is 0 Å². The number of carbonyl (C=O) groups is 2. The van der Waals surface area contributed by atoms with Crippen LogP contribution in [0.25, 0.3) is 0 Å². The Labute approximate surface area is 90.1 Å². The quantitative estimate of drug-likeness (QED) is 0.474. The van der Waals surface area contributed by atoms with E-state index in [1.807, 2.05) is 0 Å². The van der Waals surface area contributed by atoms with Gasteiger partial charge in [-0.05, 0) is 19.3 Å². The predicted octanol–water partition coefficient (Wildman–Crippen LogP) is 0.482. The molecule has 0 aliphatic rings. The monoisotopic (exact) mass is 217 g/mol. The molecule has 1 N–H and O–H groups in total. The molecule has 0 spiro atoms. The topological polar surface area (TPSA) is 64.6 Å². The molecule has 0 aromatic rings. The van der Waals surface area contributed by atoms with Crippen molar-refractivity contribution in [3.63, 3.8) is 0 Å². The molecule has 0 unspecified atom stereocenters. The van der Waals surface area contributed by atoms with Gasteiger partial charge < -0.3 is 14.8 Å². The van der Waals surface area contributed by atoms with Crippen LogP contribution < -0.4 is 5.32 Å². The maximum Gasteiger partial charge on any atom is 0.332 e. The fourth-order valence-electron chi connectivity index (χ4n) is 1.03. The fraction of sp³-hybridized carbons (Fsp3) is 0.800. The lowest BCUT2D eigenvalue weighted by Gasteiger charge is -2.03. The summed E-state index contributed by atoms with van der Waals surface area (Å²) in [4.78, 5) is 21.6. The van der Waals surface area contributed by atoms with Crippen molar-refractivity contribution < 1.29 is 19.1 Å². The summed E-state index contributed by atoms with van der Waals surface area (Å²) in [5.74, 6) is -0.296. The van der Waals surface area contributed by atoms with E-state index < -0.39 is 0 Å². The van der Waals surface area contributed by atoms with Crippen molar-refractivity contribution in [2.24, 2.45) is 0 Å². The van der Waals surface area contributed by atoms with E-state index in [4.69, 9.17) is 4.74 Å². The summed E-state index contributed by atoms with van der Waals surface area (Å²) < 4.78 is 9.45. The molecule has 0 atom stereocenters. The highest BCUT2D eigenvalue weighted by molar-refractivity contribution is 5.75. The van der Waals surface area contributed by atoms with Gasteiger partial charge in [0.2, 0.25) is 5.91 Å². The third-order valence-electron chi connectivity index (χ3n) is 1.85. The SMILES string of the molecule is CNC(=O)CCCCCOC(=O)COC. The van der Waals surface area contributed by atoms with Crippen molar-refractivity contribution >= 4 is 11.9 Å². The second-order valence-corrected chi connectivity index (χ2v) is 3.14. The van der Waals surface area contributed by atoms with Crippen molar-refractivity contribution in [2.75, 3.05) is 27.4 Å². The Bertz CT molecular complexity index is 194. The molecule has 0 rings (SSSR count). The molecule has 0 aliphatic carbocycles. The first kappa shape index (κ1) is 13.9. The molecule has 0 bridgehead atoms. The fourth-order valence-corrected chi connectivity index (χ4v) is 1.03. The lowest BCUT2D eigenvalue weighted by atomic mass is 10.2. The van der Waals surface area contributed by atoms with E-state index in [0.29, 0.717) is 13.0 Å². The number of amides is 1. The minimum Gasteiger partial charge on any atom is -0.464 e. The molecule has 15 heavy (non-hydrogen) atoms. The van der Waals surface area contributed by atoms with Gasteiger partial charge in [-0.15, -0.1) is 0 Å². The molecule has 0 fully saturated rings. The average molecular weight is 217 g/mol. The summed E-state index contributed by atoms with van der Waals surface area (Å²) >= 11 is 0. The summed E-state index contributed by atoms with van der Waals surface area (Å²) in [5.41, 5.74) is 0. The van der Waals surface area contributed by atoms with Gasteiger partial charge in [0.1, 0.15) is 6.61 Å². The normalized spacial score (nSPS) is 9.73. The molecule has 0 aromatic carbocycles. The lowest BCUT2D eigenvalue weighted by Crippen LogP contribution is -2.17. The number of nitrogens with one attached hydrogen (secondary N) is 1. The van der Waals surface area contributed by atoms with Crippen LogP contribution in [-0.2, 0) is 19.1 Å². The molecule has 0 heterocycles. The molecule has 5 heteroatoms. The number of carbonyl (C=O) groups excluding carboxylic acids is 2. The second kappa shape index (κ2) is 9.45. The van der Waals surface area contributed by atoms with Crippen LogP contribution in [0.4, 0.5) is 0 Å². The Kier molecular flexibility index (Phi) is 8.76. The van der Waals surface area contributed by atoms with Gasteiger partial charge in [0.15, 0.2) is 0 Å². The van der Waals surface area contributed by atoms with E-state index >= 15 is 0 Å². The van der Waals surface area contributed by atoms with Crippen LogP contribution in [-0.4, -0.2) is 39.2 Å². The first-order chi connectivity index (χ1) is 7.20. The zero-order chi connectivity index (χ0) is 11.5. The number of unbranched alkanes of at least 4 members (excludes halogenated alkanes) is 2. The maximum atomic E-state index is 10.8. The first-order valence-corrected chi connectivity index (χ1v) is 5.06. The number of rotatable bonds is 8. The Hall–Kier alpha value is -1.10. The Morgan fingerprint density at radius 2 is 1.93 bits per heavy atom. The van der Waals surface area contributed by atoms with Crippen LogP contribution in [0.15, 0.2) is 0 Å². The minimum absolute atomic E-state index is 0.00175. The first-order valence-electron chi connectivity index (χ1n) is 5.06. The summed E-state index contributed by atoms with van der Waals surface area (Å²) in [5, 5.41) is 2.55. The summed E-state index contributed by atoms with van der Waals surface area (Å²) in [6.07, 6.45) is 3.02. The number of hydrogen-bond donors (Lipinski definition) is 1. The van der Waals surface area contributed by atoms with Gasteiger partial charge in [-0.25, -0.2) is 4.79 Å². The largest absolute Gasteiger partial charge is 0.464 e. The van der Waals surface area contributed by atoms with Crippen molar-refractivity contribution in [3.05, 3.63) is 0 Å². The smallest absolute Gasteiger partial charge is 0.332 e. The van der Waals surface area contributed by atoms with E-state index in [1.165, 1.54) is 7.11 Å². The van der Waals surface area contributed by atoms with Crippen molar-refractivity contribution in [1.29, 1.82) is 0 Å². The van der Waals surface area contributed by atoms with E-state index in [0.717, 1.165) is 19.3 Å². The van der Waals surface area contributed by atoms with E-state index in [2.05, 4.69) is 10.1 Å². The van der Waals surface area contributed by atoms with Gasteiger partial charge in [0.05, 0.1) is 6.61 Å². The van der Waals surface area contributed by atoms with Gasteiger partial charge in [-0.1, -0.05) is 0 Å². The van der Waals surface area contributed by atoms with Gasteiger partial charge in [-0.3, -0.25) is 4.79 Å². The summed E-state index contributed by atoms with van der Waals surface area (Å²) in [6, 6.07) is 0. The third-order valence-corrected chi connectivity index (χ3v) is 1.85. The van der Waals surface area contributed by atoms with Gasteiger partial charge >= 0.3 is 5.97 Å². The number of methoxy groups -OCH3 is 1. The third kappa shape index (κ3) is 9.21. The zero-order valence-corrected chi connectivity index (χ0v) is 9.38. The average Bonchev–Trinajstić information content (AvgIpc) is 2.23. The van der Waals surface area contributed by atoms with Crippen molar-refractivity contribution in [3.8, 4) is 0 Å². The van der Waals surface area contributed by atoms with Gasteiger partial charge in [0, 0.05) is 20.6 Å². The number of esters is 1. The summed E-state index contributed by atoms with van der Waals surface area (Å²) in [6.45, 7) is 0.397. The van der Waals surface area contributed by atoms with E-state index in [-0.39, 0.29) is 18.5 Å². The minimum atomic E-state index is -0.344. The van der Waals surface area contributed by atoms with Crippen LogP contribution in [0, 0.1) is 0 Å². The molecule has 0 radical (unpaired) electrons. The van der Waals surface area contributed by atoms with Crippen LogP contribution in [0.1, 0.15) is 25.7 Å². The van der Waals surface area contributed by atoms with Gasteiger partial charge in [-0.2, -0.15) is 0 Å². The van der Waals surface area contributed by atoms with Gasteiger partial charge in [0.25, 0.3) is 0 Å². The molecule has 0 aromatic heterocycles. The highest BCUT2D eigenvalue weighted by Crippen LogP contribution is 2.00. The molecular weight excluding hydrogens is 198 g/mol. The van der Waals surface area contributed by atoms with Crippen molar-refractivity contribution in [2.45, 2.75) is 25.7 Å². The predicted molar refractivity (Wildman–Crippen MR) is 55.4 cm³/mol. The highest BCUT2D eigenvalue weighted by atomic mass is 16.6. The molecular formula is C10H19NO4. The highest BCUT2D eigenvalue weighted by Gasteiger charge is 2.01. The zero-order valence-electron chi connectivity index (χ0n) is 9.38. The Morgan fingerprint density at radius 3 is 2.53 bits per heavy atom. The molecule has 88 valence electrons. The lowest BCUT2D eigenvalue weighted by molar-refractivity contribution is -0.148. The molecule has 0 saturated heterocycles. The number of ether oxygens (including phenoxy) is 2. The Balaban J connectivity index is 3.18.